The van der Waals surface area contributed by atoms with Crippen LogP contribution in [0.2, 0.25) is 0 Å². The summed E-state index contributed by atoms with van der Waals surface area (Å²) < 4.78 is 2.33. The first-order valence-electron chi connectivity index (χ1n) is 7.64. The summed E-state index contributed by atoms with van der Waals surface area (Å²) in [5, 5.41) is 1.06. The molecule has 23 heavy (non-hydrogen) atoms. The van der Waals surface area contributed by atoms with Gasteiger partial charge in [-0.3, -0.25) is 4.79 Å². The molecule has 1 amide bonds. The van der Waals surface area contributed by atoms with E-state index in [4.69, 9.17) is 4.98 Å². The molecule has 3 nitrogen and oxygen atoms in total. The van der Waals surface area contributed by atoms with E-state index in [9.17, 15) is 4.79 Å². The zero-order chi connectivity index (χ0) is 15.8. The van der Waals surface area contributed by atoms with Crippen LogP contribution in [0.5, 0.6) is 0 Å². The molecule has 1 saturated heterocycles. The van der Waals surface area contributed by atoms with Crippen molar-refractivity contribution >= 4 is 50.1 Å². The highest BCUT2D eigenvalue weighted by Gasteiger charge is 2.32. The molecular formula is C18H15IN2OS. The van der Waals surface area contributed by atoms with Crippen molar-refractivity contribution in [2.75, 3.05) is 6.54 Å². The number of thiazole rings is 1. The van der Waals surface area contributed by atoms with Crippen LogP contribution in [0, 0.1) is 3.57 Å². The fourth-order valence-corrected chi connectivity index (χ4v) is 4.53. The van der Waals surface area contributed by atoms with Gasteiger partial charge in [0.2, 0.25) is 0 Å². The predicted octanol–water partition coefficient (Wildman–Crippen LogP) is 4.88. The predicted molar refractivity (Wildman–Crippen MR) is 102 cm³/mol. The molecule has 2 aromatic carbocycles. The summed E-state index contributed by atoms with van der Waals surface area (Å²) in [6.45, 7) is 0.811. The van der Waals surface area contributed by atoms with Crippen molar-refractivity contribution in [3.8, 4) is 0 Å². The van der Waals surface area contributed by atoms with E-state index < -0.39 is 0 Å². The van der Waals surface area contributed by atoms with Gasteiger partial charge in [-0.2, -0.15) is 0 Å². The Morgan fingerprint density at radius 3 is 2.74 bits per heavy atom. The molecule has 1 atom stereocenters. The Labute approximate surface area is 152 Å². The number of hydrogen-bond donors (Lipinski definition) is 0. The number of halogens is 1. The summed E-state index contributed by atoms with van der Waals surface area (Å²) in [4.78, 5) is 19.6. The summed E-state index contributed by atoms with van der Waals surface area (Å²) in [6.07, 6.45) is 2.03. The molecule has 2 heterocycles. The van der Waals surface area contributed by atoms with E-state index in [1.807, 2.05) is 47.4 Å². The highest BCUT2D eigenvalue weighted by atomic mass is 127. The van der Waals surface area contributed by atoms with Crippen LogP contribution in [0.1, 0.15) is 34.2 Å². The van der Waals surface area contributed by atoms with Gasteiger partial charge in [-0.15, -0.1) is 11.3 Å². The molecule has 0 spiro atoms. The summed E-state index contributed by atoms with van der Waals surface area (Å²) >= 11 is 3.96. The quantitative estimate of drug-likeness (QED) is 0.539. The maximum atomic E-state index is 12.9. The van der Waals surface area contributed by atoms with Crippen LogP contribution in [-0.2, 0) is 0 Å². The Bertz CT molecular complexity index is 826. The van der Waals surface area contributed by atoms with Crippen LogP contribution < -0.4 is 0 Å². The maximum Gasteiger partial charge on any atom is 0.254 e. The molecule has 0 saturated carbocycles. The lowest BCUT2D eigenvalue weighted by molar-refractivity contribution is 0.0735. The van der Waals surface area contributed by atoms with Crippen molar-refractivity contribution in [1.82, 2.24) is 9.88 Å². The molecule has 0 N–H and O–H groups in total. The monoisotopic (exact) mass is 434 g/mol. The van der Waals surface area contributed by atoms with Crippen LogP contribution in [0.4, 0.5) is 0 Å². The zero-order valence-electron chi connectivity index (χ0n) is 12.4. The number of amides is 1. The number of carbonyl (C=O) groups excluding carboxylic acids is 1. The highest BCUT2D eigenvalue weighted by Crippen LogP contribution is 2.37. The Kier molecular flexibility index (Phi) is 4.07. The molecule has 116 valence electrons. The fraction of sp³-hybridized carbons (Fsp3) is 0.222. The number of rotatable bonds is 2. The first-order valence-corrected chi connectivity index (χ1v) is 9.54. The summed E-state index contributed by atoms with van der Waals surface area (Å²) in [6, 6.07) is 16.1. The van der Waals surface area contributed by atoms with Gasteiger partial charge < -0.3 is 4.90 Å². The number of aromatic nitrogens is 1. The topological polar surface area (TPSA) is 33.2 Å². The average Bonchev–Trinajstić information content (AvgIpc) is 3.21. The van der Waals surface area contributed by atoms with Gasteiger partial charge >= 0.3 is 0 Å². The minimum Gasteiger partial charge on any atom is -0.329 e. The van der Waals surface area contributed by atoms with Gasteiger partial charge in [-0.05, 0) is 71.8 Å². The van der Waals surface area contributed by atoms with Gasteiger partial charge in [0, 0.05) is 15.7 Å². The van der Waals surface area contributed by atoms with Crippen molar-refractivity contribution < 1.29 is 4.79 Å². The number of likely N-dealkylation sites (tertiary alicyclic amines) is 1. The third-order valence-electron chi connectivity index (χ3n) is 4.20. The summed E-state index contributed by atoms with van der Waals surface area (Å²) in [5.41, 5.74) is 1.79. The van der Waals surface area contributed by atoms with Gasteiger partial charge in [-0.1, -0.05) is 12.1 Å². The number of nitrogens with zero attached hydrogens (tertiary/aromatic N) is 2. The lowest BCUT2D eigenvalue weighted by Gasteiger charge is -2.23. The second kappa shape index (κ2) is 6.20. The van der Waals surface area contributed by atoms with Crippen molar-refractivity contribution in [3.05, 3.63) is 62.7 Å². The van der Waals surface area contributed by atoms with Crippen molar-refractivity contribution in [2.24, 2.45) is 0 Å². The molecule has 1 fully saturated rings. The Hall–Kier alpha value is -1.47. The average molecular weight is 434 g/mol. The van der Waals surface area contributed by atoms with Crippen LogP contribution in [0.3, 0.4) is 0 Å². The summed E-state index contributed by atoms with van der Waals surface area (Å²) in [5.74, 6) is 0.114. The highest BCUT2D eigenvalue weighted by molar-refractivity contribution is 14.1. The number of para-hydroxylation sites is 1. The zero-order valence-corrected chi connectivity index (χ0v) is 15.4. The molecule has 1 aromatic heterocycles. The van der Waals surface area contributed by atoms with Crippen LogP contribution in [-0.4, -0.2) is 22.3 Å². The van der Waals surface area contributed by atoms with Crippen molar-refractivity contribution in [3.63, 3.8) is 0 Å². The SMILES string of the molecule is O=C(c1ccc(I)cc1)N1CCC[C@H]1c1nc2ccccc2s1. The number of fused-ring (bicyclic) bond motifs is 1. The van der Waals surface area contributed by atoms with E-state index in [1.54, 1.807) is 11.3 Å². The number of hydrogen-bond acceptors (Lipinski definition) is 3. The number of benzene rings is 2. The molecule has 0 aliphatic carbocycles. The Morgan fingerprint density at radius 2 is 1.96 bits per heavy atom. The number of carbonyl (C=O) groups is 1. The normalized spacial score (nSPS) is 17.8. The molecule has 1 aliphatic heterocycles. The largest absolute Gasteiger partial charge is 0.329 e. The second-order valence-electron chi connectivity index (χ2n) is 5.68. The molecule has 0 bridgehead atoms. The molecule has 0 radical (unpaired) electrons. The smallest absolute Gasteiger partial charge is 0.254 e. The molecule has 1 aliphatic rings. The van der Waals surface area contributed by atoms with Gasteiger partial charge in [0.05, 0.1) is 16.3 Å². The van der Waals surface area contributed by atoms with E-state index in [-0.39, 0.29) is 11.9 Å². The minimum absolute atomic E-state index is 0.110. The van der Waals surface area contributed by atoms with Crippen LogP contribution >= 0.6 is 33.9 Å². The first-order chi connectivity index (χ1) is 11.2. The van der Waals surface area contributed by atoms with Crippen molar-refractivity contribution in [1.29, 1.82) is 0 Å². The van der Waals surface area contributed by atoms with Crippen LogP contribution in [0.25, 0.3) is 10.2 Å². The summed E-state index contributed by atoms with van der Waals surface area (Å²) in [7, 11) is 0. The van der Waals surface area contributed by atoms with E-state index in [1.165, 1.54) is 4.70 Å². The lowest BCUT2D eigenvalue weighted by Crippen LogP contribution is -2.30. The standard InChI is InChI=1S/C18H15IN2OS/c19-13-9-7-12(8-10-13)18(22)21-11-3-5-15(21)17-20-14-4-1-2-6-16(14)23-17/h1-2,4,6-10,15H,3,5,11H2/t15-/m0/s1. The Balaban J connectivity index is 1.65. The van der Waals surface area contributed by atoms with Gasteiger partial charge in [-0.25, -0.2) is 4.98 Å². The third-order valence-corrected chi connectivity index (χ3v) is 6.06. The maximum absolute atomic E-state index is 12.9. The van der Waals surface area contributed by atoms with Crippen molar-refractivity contribution in [2.45, 2.75) is 18.9 Å². The third kappa shape index (κ3) is 2.87. The van der Waals surface area contributed by atoms with E-state index in [0.717, 1.165) is 39.0 Å². The molecule has 0 unspecified atom stereocenters. The first kappa shape index (κ1) is 15.1. The van der Waals surface area contributed by atoms with E-state index in [0.29, 0.717) is 0 Å². The lowest BCUT2D eigenvalue weighted by atomic mass is 10.1. The van der Waals surface area contributed by atoms with Crippen LogP contribution in [0.15, 0.2) is 48.5 Å². The van der Waals surface area contributed by atoms with E-state index in [2.05, 4.69) is 28.7 Å². The van der Waals surface area contributed by atoms with Gasteiger partial charge in [0.25, 0.3) is 5.91 Å². The molecule has 5 heteroatoms. The fourth-order valence-electron chi connectivity index (χ4n) is 3.06. The molecule has 4 rings (SSSR count). The minimum atomic E-state index is 0.110. The Morgan fingerprint density at radius 1 is 1.17 bits per heavy atom. The second-order valence-corrected chi connectivity index (χ2v) is 7.99. The van der Waals surface area contributed by atoms with E-state index >= 15 is 0 Å². The molecule has 3 aromatic rings. The van der Waals surface area contributed by atoms with Gasteiger partial charge in [0.15, 0.2) is 0 Å². The molecular weight excluding hydrogens is 419 g/mol. The van der Waals surface area contributed by atoms with Gasteiger partial charge in [0.1, 0.15) is 5.01 Å².